The third-order valence-corrected chi connectivity index (χ3v) is 2.42. The summed E-state index contributed by atoms with van der Waals surface area (Å²) >= 11 is 0. The molecule has 5 heteroatoms. The molecule has 0 amide bonds. The summed E-state index contributed by atoms with van der Waals surface area (Å²) in [6.07, 6.45) is 0.692. The molecule has 0 spiro atoms. The van der Waals surface area contributed by atoms with Gasteiger partial charge in [-0.15, -0.1) is 0 Å². The summed E-state index contributed by atoms with van der Waals surface area (Å²) in [4.78, 5) is 23.0. The molecule has 0 unspecified atom stereocenters. The van der Waals surface area contributed by atoms with Crippen LogP contribution in [0.25, 0.3) is 0 Å². The van der Waals surface area contributed by atoms with E-state index in [9.17, 15) is 9.59 Å². The number of hydrogen-bond donors (Lipinski definition) is 0. The topological polar surface area (TPSA) is 61.8 Å². The second-order valence-corrected chi connectivity index (χ2v) is 3.72. The first-order chi connectivity index (χ1) is 8.60. The Morgan fingerprint density at radius 2 is 1.94 bits per heavy atom. The number of hydrogen-bond acceptors (Lipinski definition) is 5. The number of allylic oxidation sites excluding steroid dienone is 1. The summed E-state index contributed by atoms with van der Waals surface area (Å²) in [5.41, 5.74) is 0.762. The lowest BCUT2D eigenvalue weighted by Crippen LogP contribution is -2.10. The Balaban J connectivity index is 2.69. The van der Waals surface area contributed by atoms with E-state index < -0.39 is 5.97 Å². The molecule has 0 bridgehead atoms. The smallest absolute Gasteiger partial charge is 0.337 e. The summed E-state index contributed by atoms with van der Waals surface area (Å²) in [7, 11) is 0. The predicted octanol–water partition coefficient (Wildman–Crippen LogP) is 1.73. The van der Waals surface area contributed by atoms with E-state index in [0.29, 0.717) is 37.6 Å². The molecular formula is C13H18O5. The van der Waals surface area contributed by atoms with E-state index in [1.807, 2.05) is 0 Å². The van der Waals surface area contributed by atoms with Crippen molar-refractivity contribution in [1.29, 1.82) is 0 Å². The van der Waals surface area contributed by atoms with Crippen molar-refractivity contribution in [1.82, 2.24) is 0 Å². The van der Waals surface area contributed by atoms with Crippen molar-refractivity contribution in [2.45, 2.75) is 26.7 Å². The fourth-order valence-electron chi connectivity index (χ4n) is 1.59. The quantitative estimate of drug-likeness (QED) is 0.533. The summed E-state index contributed by atoms with van der Waals surface area (Å²) in [5.74, 6) is -0.392. The zero-order chi connectivity index (χ0) is 13.5. The molecule has 0 aromatic carbocycles. The van der Waals surface area contributed by atoms with Gasteiger partial charge in [-0.25, -0.2) is 9.59 Å². The van der Waals surface area contributed by atoms with E-state index in [-0.39, 0.29) is 18.0 Å². The molecule has 0 atom stereocenters. The Labute approximate surface area is 106 Å². The summed E-state index contributed by atoms with van der Waals surface area (Å²) < 4.78 is 15.1. The minimum Gasteiger partial charge on any atom is -0.497 e. The largest absolute Gasteiger partial charge is 0.497 e. The van der Waals surface area contributed by atoms with E-state index in [0.717, 1.165) is 0 Å². The zero-order valence-corrected chi connectivity index (χ0v) is 10.8. The third kappa shape index (κ3) is 3.61. The average Bonchev–Trinajstić information content (AvgIpc) is 2.77. The Hall–Kier alpha value is -1.78. The first-order valence-corrected chi connectivity index (χ1v) is 5.97. The van der Waals surface area contributed by atoms with Crippen LogP contribution in [0, 0.1) is 0 Å². The fourth-order valence-corrected chi connectivity index (χ4v) is 1.59. The Morgan fingerprint density at radius 1 is 1.28 bits per heavy atom. The van der Waals surface area contributed by atoms with Crippen LogP contribution in [0.5, 0.6) is 0 Å². The molecule has 1 aliphatic heterocycles. The monoisotopic (exact) mass is 254 g/mol. The van der Waals surface area contributed by atoms with Gasteiger partial charge in [-0.2, -0.15) is 0 Å². The highest BCUT2D eigenvalue weighted by molar-refractivity contribution is 5.91. The van der Waals surface area contributed by atoms with Gasteiger partial charge in [0, 0.05) is 18.4 Å². The van der Waals surface area contributed by atoms with Gasteiger partial charge in [0.1, 0.15) is 5.76 Å². The minimum atomic E-state index is -0.469. The highest BCUT2D eigenvalue weighted by atomic mass is 16.5. The first kappa shape index (κ1) is 14.3. The average molecular weight is 254 g/mol. The van der Waals surface area contributed by atoms with E-state index >= 15 is 0 Å². The van der Waals surface area contributed by atoms with Crippen molar-refractivity contribution in [3.05, 3.63) is 23.5 Å². The molecule has 5 nitrogen and oxygen atoms in total. The predicted molar refractivity (Wildman–Crippen MR) is 64.6 cm³/mol. The Kier molecular flexibility index (Phi) is 5.42. The van der Waals surface area contributed by atoms with E-state index in [2.05, 4.69) is 6.58 Å². The normalized spacial score (nSPS) is 14.1. The van der Waals surface area contributed by atoms with Crippen LogP contribution >= 0.6 is 0 Å². The van der Waals surface area contributed by atoms with Gasteiger partial charge in [-0.3, -0.25) is 0 Å². The van der Waals surface area contributed by atoms with E-state index in [1.165, 1.54) is 0 Å². The summed E-state index contributed by atoms with van der Waals surface area (Å²) in [6.45, 7) is 8.14. The molecule has 0 radical (unpaired) electrons. The van der Waals surface area contributed by atoms with Gasteiger partial charge in [-0.05, 0) is 13.8 Å². The van der Waals surface area contributed by atoms with Crippen molar-refractivity contribution in [3.8, 4) is 0 Å². The van der Waals surface area contributed by atoms with Gasteiger partial charge in [0.15, 0.2) is 0 Å². The van der Waals surface area contributed by atoms with Crippen LogP contribution in [0.15, 0.2) is 23.5 Å². The van der Waals surface area contributed by atoms with Gasteiger partial charge in [0.05, 0.1) is 25.4 Å². The maximum absolute atomic E-state index is 11.6. The molecule has 0 saturated carbocycles. The number of rotatable bonds is 6. The lowest BCUT2D eigenvalue weighted by Gasteiger charge is -2.08. The van der Waals surface area contributed by atoms with Gasteiger partial charge in [0.25, 0.3) is 0 Å². The second kappa shape index (κ2) is 6.83. The molecule has 1 aliphatic rings. The van der Waals surface area contributed by atoms with Gasteiger partial charge < -0.3 is 14.2 Å². The van der Waals surface area contributed by atoms with Crippen molar-refractivity contribution in [3.63, 3.8) is 0 Å². The number of carbonyl (C=O) groups is 2. The summed E-state index contributed by atoms with van der Waals surface area (Å²) in [5, 5.41) is 0. The molecule has 0 aliphatic carbocycles. The maximum atomic E-state index is 11.6. The van der Waals surface area contributed by atoms with Gasteiger partial charge in [0.2, 0.25) is 0 Å². The Morgan fingerprint density at radius 3 is 2.56 bits per heavy atom. The standard InChI is InChI=1S/C13H18O5/c1-4-16-12(14)9(3)8-11-10(6-7-18-11)13(15)17-5-2/h3-8H2,1-2H3. The molecule has 1 heterocycles. The molecule has 100 valence electrons. The van der Waals surface area contributed by atoms with Crippen molar-refractivity contribution < 1.29 is 23.8 Å². The van der Waals surface area contributed by atoms with Crippen LogP contribution in [0.4, 0.5) is 0 Å². The zero-order valence-electron chi connectivity index (χ0n) is 10.8. The lowest BCUT2D eigenvalue weighted by molar-refractivity contribution is -0.139. The van der Waals surface area contributed by atoms with Crippen LogP contribution < -0.4 is 0 Å². The van der Waals surface area contributed by atoms with Crippen LogP contribution in [-0.2, 0) is 23.8 Å². The first-order valence-electron chi connectivity index (χ1n) is 5.97. The van der Waals surface area contributed by atoms with Gasteiger partial charge >= 0.3 is 11.9 Å². The number of carbonyl (C=O) groups excluding carboxylic acids is 2. The summed E-state index contributed by atoms with van der Waals surface area (Å²) in [6, 6.07) is 0. The van der Waals surface area contributed by atoms with Crippen LogP contribution in [-0.4, -0.2) is 31.8 Å². The van der Waals surface area contributed by atoms with Crippen molar-refractivity contribution in [2.75, 3.05) is 19.8 Å². The number of esters is 2. The SMILES string of the molecule is C=C(CC1=C(C(=O)OCC)CCO1)C(=O)OCC. The van der Waals surface area contributed by atoms with Gasteiger partial charge in [-0.1, -0.05) is 6.58 Å². The highest BCUT2D eigenvalue weighted by Crippen LogP contribution is 2.25. The van der Waals surface area contributed by atoms with Crippen molar-refractivity contribution in [2.24, 2.45) is 0 Å². The molecule has 0 N–H and O–H groups in total. The van der Waals surface area contributed by atoms with Crippen LogP contribution in [0.1, 0.15) is 26.7 Å². The molecule has 0 aromatic rings. The second-order valence-electron chi connectivity index (χ2n) is 3.72. The van der Waals surface area contributed by atoms with Crippen LogP contribution in [0.3, 0.4) is 0 Å². The molecule has 0 saturated heterocycles. The molecule has 18 heavy (non-hydrogen) atoms. The Bertz CT molecular complexity index is 381. The molecule has 0 aromatic heterocycles. The number of ether oxygens (including phenoxy) is 3. The van der Waals surface area contributed by atoms with E-state index in [1.54, 1.807) is 13.8 Å². The third-order valence-electron chi connectivity index (χ3n) is 2.42. The van der Waals surface area contributed by atoms with Crippen molar-refractivity contribution >= 4 is 11.9 Å². The minimum absolute atomic E-state index is 0.187. The lowest BCUT2D eigenvalue weighted by atomic mass is 10.1. The molecular weight excluding hydrogens is 236 g/mol. The molecule has 1 rings (SSSR count). The maximum Gasteiger partial charge on any atom is 0.337 e. The molecule has 0 fully saturated rings. The fraction of sp³-hybridized carbons (Fsp3) is 0.538. The van der Waals surface area contributed by atoms with E-state index in [4.69, 9.17) is 14.2 Å². The van der Waals surface area contributed by atoms with Crippen LogP contribution in [0.2, 0.25) is 0 Å². The highest BCUT2D eigenvalue weighted by Gasteiger charge is 2.25.